The van der Waals surface area contributed by atoms with Crippen molar-refractivity contribution in [2.24, 2.45) is 11.8 Å². The van der Waals surface area contributed by atoms with Crippen molar-refractivity contribution in [3.05, 3.63) is 23.4 Å². The first-order valence-corrected chi connectivity index (χ1v) is 5.31. The number of aromatic nitrogens is 1. The number of nitrogens with zero attached hydrogens (tertiary/aromatic N) is 2. The molecule has 2 atom stereocenters. The summed E-state index contributed by atoms with van der Waals surface area (Å²) in [7, 11) is 0. The smallest absolute Gasteiger partial charge is 0.127 e. The number of hydrogen-bond acceptors (Lipinski definition) is 3. The SMILES string of the molecule is Cc1cc(C#N)cc(NCC2CC2C)n1. The summed E-state index contributed by atoms with van der Waals surface area (Å²) in [6.45, 7) is 5.14. The van der Waals surface area contributed by atoms with Gasteiger partial charge in [0.25, 0.3) is 0 Å². The number of nitrogens with one attached hydrogen (secondary N) is 1. The largest absolute Gasteiger partial charge is 0.370 e. The van der Waals surface area contributed by atoms with Gasteiger partial charge < -0.3 is 5.32 Å². The zero-order valence-electron chi connectivity index (χ0n) is 9.12. The lowest BCUT2D eigenvalue weighted by molar-refractivity contribution is 0.784. The molecule has 78 valence electrons. The second-order valence-electron chi connectivity index (χ2n) is 4.35. The zero-order chi connectivity index (χ0) is 10.8. The molecule has 1 aromatic heterocycles. The molecule has 1 aliphatic rings. The van der Waals surface area contributed by atoms with Crippen molar-refractivity contribution in [1.29, 1.82) is 5.26 Å². The Labute approximate surface area is 90.1 Å². The van der Waals surface area contributed by atoms with Crippen LogP contribution in [0, 0.1) is 30.1 Å². The molecule has 0 amide bonds. The molecule has 1 saturated carbocycles. The second-order valence-corrected chi connectivity index (χ2v) is 4.35. The molecule has 0 aromatic carbocycles. The van der Waals surface area contributed by atoms with Crippen LogP contribution in [-0.2, 0) is 0 Å². The molecule has 0 aliphatic heterocycles. The minimum Gasteiger partial charge on any atom is -0.370 e. The average Bonchev–Trinajstić information content (AvgIpc) is 2.91. The maximum atomic E-state index is 8.81. The van der Waals surface area contributed by atoms with Gasteiger partial charge >= 0.3 is 0 Å². The summed E-state index contributed by atoms with van der Waals surface area (Å²) in [5.41, 5.74) is 1.56. The predicted octanol–water partition coefficient (Wildman–Crippen LogP) is 2.33. The van der Waals surface area contributed by atoms with E-state index in [1.54, 1.807) is 12.1 Å². The number of rotatable bonds is 3. The summed E-state index contributed by atoms with van der Waals surface area (Å²) in [6.07, 6.45) is 1.31. The normalized spacial score (nSPS) is 23.3. The summed E-state index contributed by atoms with van der Waals surface area (Å²) in [5, 5.41) is 12.1. The van der Waals surface area contributed by atoms with Gasteiger partial charge in [0.15, 0.2) is 0 Å². The maximum absolute atomic E-state index is 8.81. The number of hydrogen-bond donors (Lipinski definition) is 1. The molecule has 0 radical (unpaired) electrons. The van der Waals surface area contributed by atoms with Gasteiger partial charge in [-0.15, -0.1) is 0 Å². The average molecular weight is 201 g/mol. The third-order valence-corrected chi connectivity index (χ3v) is 2.90. The zero-order valence-corrected chi connectivity index (χ0v) is 9.12. The number of anilines is 1. The first-order chi connectivity index (χ1) is 7.19. The van der Waals surface area contributed by atoms with Gasteiger partial charge in [-0.05, 0) is 37.3 Å². The summed E-state index contributed by atoms with van der Waals surface area (Å²) < 4.78 is 0. The first-order valence-electron chi connectivity index (χ1n) is 5.31. The van der Waals surface area contributed by atoms with E-state index in [0.717, 1.165) is 29.9 Å². The molecule has 3 heteroatoms. The molecular formula is C12H15N3. The van der Waals surface area contributed by atoms with E-state index in [9.17, 15) is 0 Å². The lowest BCUT2D eigenvalue weighted by Crippen LogP contribution is -2.06. The van der Waals surface area contributed by atoms with E-state index in [1.807, 2.05) is 6.92 Å². The van der Waals surface area contributed by atoms with E-state index in [-0.39, 0.29) is 0 Å². The van der Waals surface area contributed by atoms with Gasteiger partial charge in [-0.3, -0.25) is 0 Å². The first kappa shape index (κ1) is 9.97. The predicted molar refractivity (Wildman–Crippen MR) is 59.4 cm³/mol. The molecule has 1 fully saturated rings. The highest BCUT2D eigenvalue weighted by molar-refractivity contribution is 5.44. The highest BCUT2D eigenvalue weighted by Gasteiger charge is 2.31. The van der Waals surface area contributed by atoms with Gasteiger partial charge in [0.05, 0.1) is 11.6 Å². The molecule has 2 rings (SSSR count). The topological polar surface area (TPSA) is 48.7 Å². The van der Waals surface area contributed by atoms with Gasteiger partial charge in [0, 0.05) is 12.2 Å². The Morgan fingerprint density at radius 2 is 2.33 bits per heavy atom. The Bertz CT molecular complexity index is 406. The van der Waals surface area contributed by atoms with Crippen molar-refractivity contribution in [3.8, 4) is 6.07 Å². The number of nitriles is 1. The molecule has 1 aliphatic carbocycles. The van der Waals surface area contributed by atoms with Crippen molar-refractivity contribution in [2.45, 2.75) is 20.3 Å². The van der Waals surface area contributed by atoms with E-state index < -0.39 is 0 Å². The van der Waals surface area contributed by atoms with E-state index in [1.165, 1.54) is 6.42 Å². The molecule has 1 N–H and O–H groups in total. The highest BCUT2D eigenvalue weighted by atomic mass is 15.0. The van der Waals surface area contributed by atoms with Crippen molar-refractivity contribution >= 4 is 5.82 Å². The standard InChI is InChI=1S/C12H15N3/c1-8-3-11(8)7-14-12-5-10(6-13)4-9(2)15-12/h4-5,8,11H,3,7H2,1-2H3,(H,14,15). The lowest BCUT2D eigenvalue weighted by Gasteiger charge is -2.05. The van der Waals surface area contributed by atoms with Crippen LogP contribution in [0.4, 0.5) is 5.82 Å². The molecule has 0 bridgehead atoms. The molecule has 3 nitrogen and oxygen atoms in total. The van der Waals surface area contributed by atoms with Crippen molar-refractivity contribution in [3.63, 3.8) is 0 Å². The van der Waals surface area contributed by atoms with E-state index in [2.05, 4.69) is 23.3 Å². The summed E-state index contributed by atoms with van der Waals surface area (Å²) in [6, 6.07) is 5.74. The maximum Gasteiger partial charge on any atom is 0.127 e. The van der Waals surface area contributed by atoms with E-state index in [0.29, 0.717) is 5.56 Å². The Kier molecular flexibility index (Phi) is 2.59. The van der Waals surface area contributed by atoms with Crippen LogP contribution in [0.3, 0.4) is 0 Å². The molecule has 15 heavy (non-hydrogen) atoms. The number of pyridine rings is 1. The van der Waals surface area contributed by atoms with Gasteiger partial charge in [-0.2, -0.15) is 5.26 Å². The quantitative estimate of drug-likeness (QED) is 0.816. The van der Waals surface area contributed by atoms with E-state index in [4.69, 9.17) is 5.26 Å². The van der Waals surface area contributed by atoms with Gasteiger partial charge in [0.2, 0.25) is 0 Å². The fraction of sp³-hybridized carbons (Fsp3) is 0.500. The third-order valence-electron chi connectivity index (χ3n) is 2.90. The molecule has 2 unspecified atom stereocenters. The van der Waals surface area contributed by atoms with Crippen molar-refractivity contribution < 1.29 is 0 Å². The van der Waals surface area contributed by atoms with Crippen LogP contribution in [0.5, 0.6) is 0 Å². The van der Waals surface area contributed by atoms with Crippen LogP contribution in [-0.4, -0.2) is 11.5 Å². The molecule has 1 heterocycles. The molecule has 1 aromatic rings. The van der Waals surface area contributed by atoms with Crippen LogP contribution < -0.4 is 5.32 Å². The van der Waals surface area contributed by atoms with Crippen LogP contribution in [0.2, 0.25) is 0 Å². The summed E-state index contributed by atoms with van der Waals surface area (Å²) in [5.74, 6) is 2.46. The van der Waals surface area contributed by atoms with E-state index >= 15 is 0 Å². The number of aryl methyl sites for hydroxylation is 1. The van der Waals surface area contributed by atoms with Crippen LogP contribution in [0.15, 0.2) is 12.1 Å². The van der Waals surface area contributed by atoms with Crippen molar-refractivity contribution in [2.75, 3.05) is 11.9 Å². The molecular weight excluding hydrogens is 186 g/mol. The lowest BCUT2D eigenvalue weighted by atomic mass is 10.2. The Morgan fingerprint density at radius 3 is 2.93 bits per heavy atom. The van der Waals surface area contributed by atoms with Crippen molar-refractivity contribution in [1.82, 2.24) is 4.98 Å². The van der Waals surface area contributed by atoms with Gasteiger partial charge in [-0.25, -0.2) is 4.98 Å². The molecule has 0 saturated heterocycles. The van der Waals surface area contributed by atoms with Crippen LogP contribution in [0.1, 0.15) is 24.6 Å². The minimum atomic E-state index is 0.675. The highest BCUT2D eigenvalue weighted by Crippen LogP contribution is 2.37. The fourth-order valence-corrected chi connectivity index (χ4v) is 1.74. The Morgan fingerprint density at radius 1 is 1.60 bits per heavy atom. The minimum absolute atomic E-state index is 0.675. The van der Waals surface area contributed by atoms with Gasteiger partial charge in [-0.1, -0.05) is 6.92 Å². The van der Waals surface area contributed by atoms with Crippen LogP contribution >= 0.6 is 0 Å². The monoisotopic (exact) mass is 201 g/mol. The third kappa shape index (κ3) is 2.47. The Hall–Kier alpha value is -1.56. The second kappa shape index (κ2) is 3.90. The summed E-state index contributed by atoms with van der Waals surface area (Å²) >= 11 is 0. The van der Waals surface area contributed by atoms with Crippen LogP contribution in [0.25, 0.3) is 0 Å². The molecule has 0 spiro atoms. The van der Waals surface area contributed by atoms with Gasteiger partial charge in [0.1, 0.15) is 5.82 Å². The fourth-order valence-electron chi connectivity index (χ4n) is 1.74. The Balaban J connectivity index is 2.01. The summed E-state index contributed by atoms with van der Waals surface area (Å²) in [4.78, 5) is 4.34.